The Morgan fingerprint density at radius 2 is 2.21 bits per heavy atom. The highest BCUT2D eigenvalue weighted by molar-refractivity contribution is 6.30. The number of halogens is 1. The molecule has 0 radical (unpaired) electrons. The minimum Gasteiger partial charge on any atom is -0.355 e. The molecule has 122 valence electrons. The number of amides is 1. The van der Waals surface area contributed by atoms with Crippen molar-refractivity contribution in [2.45, 2.75) is 13.0 Å². The first-order chi connectivity index (χ1) is 11.6. The lowest BCUT2D eigenvalue weighted by Crippen LogP contribution is -2.36. The molecule has 0 aromatic carbocycles. The molecule has 1 aliphatic rings. The summed E-state index contributed by atoms with van der Waals surface area (Å²) in [6.45, 7) is 1.06. The fraction of sp³-hybridized carbons (Fsp3) is 0.250. The van der Waals surface area contributed by atoms with Crippen LogP contribution in [0.5, 0.6) is 0 Å². The number of fused-ring (bicyclic) bond motifs is 1. The zero-order chi connectivity index (χ0) is 16.7. The van der Waals surface area contributed by atoms with E-state index in [0.29, 0.717) is 30.3 Å². The quantitative estimate of drug-likeness (QED) is 0.713. The summed E-state index contributed by atoms with van der Waals surface area (Å²) in [6, 6.07) is 3.50. The lowest BCUT2D eigenvalue weighted by Gasteiger charge is -2.27. The number of carbonyl (C=O) groups is 1. The summed E-state index contributed by atoms with van der Waals surface area (Å²) < 4.78 is 6.94. The van der Waals surface area contributed by atoms with Crippen molar-refractivity contribution in [2.75, 3.05) is 6.54 Å². The smallest absolute Gasteiger partial charge is 0.276 e. The monoisotopic (exact) mass is 343 g/mol. The Labute approximate surface area is 142 Å². The van der Waals surface area contributed by atoms with Gasteiger partial charge in [-0.3, -0.25) is 14.5 Å². The number of aromatic nitrogens is 4. The van der Waals surface area contributed by atoms with Crippen molar-refractivity contribution in [3.8, 4) is 11.3 Å². The van der Waals surface area contributed by atoms with Crippen molar-refractivity contribution in [3.63, 3.8) is 0 Å². The van der Waals surface area contributed by atoms with Gasteiger partial charge >= 0.3 is 0 Å². The van der Waals surface area contributed by atoms with Crippen LogP contribution in [0.1, 0.15) is 21.7 Å². The van der Waals surface area contributed by atoms with Crippen LogP contribution in [0.3, 0.4) is 0 Å². The molecule has 1 aliphatic heterocycles. The minimum atomic E-state index is -0.167. The maximum atomic E-state index is 12.7. The van der Waals surface area contributed by atoms with Crippen LogP contribution >= 0.6 is 11.6 Å². The fourth-order valence-electron chi connectivity index (χ4n) is 2.79. The highest BCUT2D eigenvalue weighted by Gasteiger charge is 2.25. The van der Waals surface area contributed by atoms with Gasteiger partial charge in [-0.1, -0.05) is 16.8 Å². The second kappa shape index (κ2) is 5.76. The number of nitrogens with zero attached hydrogens (tertiary/aromatic N) is 5. The molecule has 24 heavy (non-hydrogen) atoms. The molecule has 0 N–H and O–H groups in total. The average molecular weight is 344 g/mol. The maximum absolute atomic E-state index is 12.7. The third-order valence-electron chi connectivity index (χ3n) is 4.01. The Kier molecular flexibility index (Phi) is 3.57. The lowest BCUT2D eigenvalue weighted by molar-refractivity contribution is 0.0723. The Balaban J connectivity index is 1.55. The van der Waals surface area contributed by atoms with Crippen LogP contribution in [0.15, 0.2) is 35.2 Å². The van der Waals surface area contributed by atoms with Crippen molar-refractivity contribution in [1.82, 2.24) is 24.8 Å². The lowest BCUT2D eigenvalue weighted by atomic mass is 10.1. The Hall–Kier alpha value is -2.67. The molecule has 0 unspecified atom stereocenters. The molecule has 0 fully saturated rings. The molecule has 0 spiro atoms. The molecule has 3 aromatic rings. The number of pyridine rings is 1. The summed E-state index contributed by atoms with van der Waals surface area (Å²) in [5, 5.41) is 8.56. The van der Waals surface area contributed by atoms with Crippen molar-refractivity contribution >= 4 is 17.5 Å². The zero-order valence-corrected chi connectivity index (χ0v) is 13.7. The van der Waals surface area contributed by atoms with Gasteiger partial charge in [0, 0.05) is 50.7 Å². The van der Waals surface area contributed by atoms with Crippen molar-refractivity contribution in [3.05, 3.63) is 52.7 Å². The number of hydrogen-bond acceptors (Lipinski definition) is 5. The third-order valence-corrected chi connectivity index (χ3v) is 4.22. The molecule has 3 aromatic heterocycles. The molecule has 8 heteroatoms. The molecule has 1 amide bonds. The molecule has 0 bridgehead atoms. The van der Waals surface area contributed by atoms with Crippen LogP contribution in [0.2, 0.25) is 5.02 Å². The van der Waals surface area contributed by atoms with Gasteiger partial charge in [0.2, 0.25) is 0 Å². The summed E-state index contributed by atoms with van der Waals surface area (Å²) in [6.07, 6.45) is 5.81. The van der Waals surface area contributed by atoms with E-state index in [1.165, 1.54) is 0 Å². The highest BCUT2D eigenvalue weighted by atomic mass is 35.5. The van der Waals surface area contributed by atoms with E-state index < -0.39 is 0 Å². The summed E-state index contributed by atoms with van der Waals surface area (Å²) in [5.74, 6) is 0.355. The number of carbonyl (C=O) groups excluding carboxylic acids is 1. The summed E-state index contributed by atoms with van der Waals surface area (Å²) in [5.41, 5.74) is 3.02. The third kappa shape index (κ3) is 2.67. The van der Waals surface area contributed by atoms with E-state index in [2.05, 4.69) is 15.2 Å². The van der Waals surface area contributed by atoms with E-state index >= 15 is 0 Å². The Morgan fingerprint density at radius 3 is 3.00 bits per heavy atom. The van der Waals surface area contributed by atoms with E-state index in [9.17, 15) is 4.79 Å². The van der Waals surface area contributed by atoms with Crippen molar-refractivity contribution < 1.29 is 9.32 Å². The predicted octanol–water partition coefficient (Wildman–Crippen LogP) is 2.32. The minimum absolute atomic E-state index is 0.167. The molecule has 0 saturated carbocycles. The first-order valence-corrected chi connectivity index (χ1v) is 7.86. The van der Waals surface area contributed by atoms with E-state index in [1.54, 1.807) is 34.2 Å². The molecule has 0 aliphatic carbocycles. The Morgan fingerprint density at radius 1 is 1.33 bits per heavy atom. The van der Waals surface area contributed by atoms with E-state index in [1.807, 2.05) is 13.1 Å². The van der Waals surface area contributed by atoms with Gasteiger partial charge < -0.3 is 9.42 Å². The number of hydrogen-bond donors (Lipinski definition) is 0. The van der Waals surface area contributed by atoms with Crippen LogP contribution in [0.25, 0.3) is 11.3 Å². The summed E-state index contributed by atoms with van der Waals surface area (Å²) >= 11 is 5.99. The predicted molar refractivity (Wildman–Crippen MR) is 86.4 cm³/mol. The van der Waals surface area contributed by atoms with Crippen LogP contribution in [0.4, 0.5) is 0 Å². The van der Waals surface area contributed by atoms with Gasteiger partial charge in [0.1, 0.15) is 0 Å². The topological polar surface area (TPSA) is 77.0 Å². The van der Waals surface area contributed by atoms with Crippen LogP contribution < -0.4 is 0 Å². The molecule has 4 rings (SSSR count). The first kappa shape index (κ1) is 14.9. The SMILES string of the molecule is Cn1cc(-c2cc(C(=O)N3CCc4ncc(Cl)cc4C3)no2)cn1. The standard InChI is InChI=1S/C16H14ClN5O2/c1-21-8-11(6-19-21)15-5-14(20-24-15)16(23)22-3-2-13-10(9-22)4-12(17)7-18-13/h4-8H,2-3,9H2,1H3. The van der Waals surface area contributed by atoms with Gasteiger partial charge in [-0.2, -0.15) is 5.10 Å². The van der Waals surface area contributed by atoms with Gasteiger partial charge in [-0.25, -0.2) is 0 Å². The van der Waals surface area contributed by atoms with Crippen molar-refractivity contribution in [2.24, 2.45) is 7.05 Å². The summed E-state index contributed by atoms with van der Waals surface area (Å²) in [7, 11) is 1.82. The van der Waals surface area contributed by atoms with Crippen LogP contribution in [-0.2, 0) is 20.0 Å². The van der Waals surface area contributed by atoms with Gasteiger partial charge in [0.05, 0.1) is 16.8 Å². The molecular formula is C16H14ClN5O2. The van der Waals surface area contributed by atoms with Gasteiger partial charge in [0.25, 0.3) is 5.91 Å². The Bertz CT molecular complexity index is 917. The molecule has 0 atom stereocenters. The normalized spacial score (nSPS) is 13.8. The second-order valence-corrected chi connectivity index (χ2v) is 6.15. The fourth-order valence-corrected chi connectivity index (χ4v) is 2.97. The first-order valence-electron chi connectivity index (χ1n) is 7.48. The summed E-state index contributed by atoms with van der Waals surface area (Å²) in [4.78, 5) is 18.7. The van der Waals surface area contributed by atoms with Crippen molar-refractivity contribution in [1.29, 1.82) is 0 Å². The number of rotatable bonds is 2. The number of aryl methyl sites for hydroxylation is 1. The zero-order valence-electron chi connectivity index (χ0n) is 12.9. The van der Waals surface area contributed by atoms with Crippen LogP contribution in [-0.4, -0.2) is 37.3 Å². The largest absolute Gasteiger partial charge is 0.355 e. The van der Waals surface area contributed by atoms with E-state index in [4.69, 9.17) is 16.1 Å². The second-order valence-electron chi connectivity index (χ2n) is 5.72. The van der Waals surface area contributed by atoms with Gasteiger partial charge in [-0.15, -0.1) is 0 Å². The molecule has 4 heterocycles. The maximum Gasteiger partial charge on any atom is 0.276 e. The molecule has 0 saturated heterocycles. The molecule has 7 nitrogen and oxygen atoms in total. The highest BCUT2D eigenvalue weighted by Crippen LogP contribution is 2.24. The molecular weight excluding hydrogens is 330 g/mol. The van der Waals surface area contributed by atoms with E-state index in [-0.39, 0.29) is 11.6 Å². The van der Waals surface area contributed by atoms with Gasteiger partial charge in [-0.05, 0) is 11.6 Å². The van der Waals surface area contributed by atoms with E-state index in [0.717, 1.165) is 16.8 Å². The van der Waals surface area contributed by atoms with Crippen LogP contribution in [0, 0.1) is 0 Å². The average Bonchev–Trinajstić information content (AvgIpc) is 3.22. The van der Waals surface area contributed by atoms with Gasteiger partial charge in [0.15, 0.2) is 11.5 Å².